The number of unbranched alkanes of at least 4 members (excludes halogenated alkanes) is 1. The van der Waals surface area contributed by atoms with Crippen molar-refractivity contribution in [3.8, 4) is 5.75 Å². The number of nitrogens with zero attached hydrogens (tertiary/aromatic N) is 2. The van der Waals surface area contributed by atoms with Gasteiger partial charge < -0.3 is 19.9 Å². The van der Waals surface area contributed by atoms with Crippen LogP contribution in [0.2, 0.25) is 0 Å². The van der Waals surface area contributed by atoms with Crippen LogP contribution in [-0.4, -0.2) is 66.3 Å². The van der Waals surface area contributed by atoms with Crippen LogP contribution in [-0.2, 0) is 21.2 Å². The number of ether oxygens (including phenoxy) is 2. The van der Waals surface area contributed by atoms with Gasteiger partial charge in [0, 0.05) is 25.2 Å². The van der Waals surface area contributed by atoms with Crippen molar-refractivity contribution in [2.45, 2.75) is 83.4 Å². The number of alkyl carbamates (subject to hydrolysis) is 1. The molecular weight excluding hydrogens is 550 g/mol. The molecule has 2 aromatic rings. The highest BCUT2D eigenvalue weighted by atomic mass is 32.2. The summed E-state index contributed by atoms with van der Waals surface area (Å²) in [7, 11) is -4.12. The lowest BCUT2D eigenvalue weighted by Gasteiger charge is -2.31. The fraction of sp³-hybridized carbons (Fsp3) is 0.552. The molecule has 0 fully saturated rings. The van der Waals surface area contributed by atoms with Gasteiger partial charge >= 0.3 is 6.09 Å². The Balaban J connectivity index is 2.32. The number of rotatable bonds is 15. The summed E-state index contributed by atoms with van der Waals surface area (Å²) >= 11 is 0. The Morgan fingerprint density at radius 2 is 1.68 bits per heavy atom. The summed E-state index contributed by atoms with van der Waals surface area (Å²) in [6.07, 6.45) is 0.0972. The molecule has 0 aliphatic heterocycles. The van der Waals surface area contributed by atoms with E-state index in [1.54, 1.807) is 20.8 Å². The molecule has 2 aromatic carbocycles. The summed E-state index contributed by atoms with van der Waals surface area (Å²) in [5.41, 5.74) is -0.218. The normalized spacial score (nSPS) is 13.6. The van der Waals surface area contributed by atoms with Crippen molar-refractivity contribution in [2.24, 2.45) is 5.92 Å². The zero-order valence-electron chi connectivity index (χ0n) is 24.7. The number of sulfonamides is 1. The second-order valence-electron chi connectivity index (χ2n) is 11.3. The van der Waals surface area contributed by atoms with Gasteiger partial charge in [-0.15, -0.1) is 0 Å². The predicted octanol–water partition coefficient (Wildman–Crippen LogP) is 4.92. The van der Waals surface area contributed by atoms with Crippen molar-refractivity contribution < 1.29 is 32.7 Å². The van der Waals surface area contributed by atoms with Crippen molar-refractivity contribution >= 4 is 21.8 Å². The number of carbonyl (C=O) groups is 1. The molecule has 2 rings (SSSR count). The Kier molecular flexibility index (Phi) is 12.5. The number of nitro groups is 1. The van der Waals surface area contributed by atoms with E-state index in [0.29, 0.717) is 12.4 Å². The van der Waals surface area contributed by atoms with Crippen molar-refractivity contribution in [3.63, 3.8) is 0 Å². The molecule has 0 bridgehead atoms. The van der Waals surface area contributed by atoms with E-state index in [-0.39, 0.29) is 36.0 Å². The van der Waals surface area contributed by atoms with E-state index in [0.717, 1.165) is 34.8 Å². The van der Waals surface area contributed by atoms with E-state index in [4.69, 9.17) is 9.47 Å². The molecule has 12 heteroatoms. The lowest BCUT2D eigenvalue weighted by molar-refractivity contribution is -0.384. The van der Waals surface area contributed by atoms with Crippen molar-refractivity contribution in [1.29, 1.82) is 0 Å². The number of hydrogen-bond donors (Lipinski definition) is 2. The largest absolute Gasteiger partial charge is 0.494 e. The number of hydrogen-bond acceptors (Lipinski definition) is 8. The first-order valence-corrected chi connectivity index (χ1v) is 15.2. The Labute approximate surface area is 243 Å². The molecule has 0 aliphatic rings. The molecule has 0 aliphatic carbocycles. The SMILES string of the molecule is CCCCOc1ccc(C[C@H](NC(=O)OC(C)(C)C)[C@H](O)CN(CC(C)C)S(=O)(=O)c2ccc([N+](=O)[O-])cc2)cc1. The zero-order chi connectivity index (χ0) is 30.8. The number of benzene rings is 2. The second-order valence-corrected chi connectivity index (χ2v) is 13.3. The van der Waals surface area contributed by atoms with Gasteiger partial charge in [0.1, 0.15) is 11.4 Å². The van der Waals surface area contributed by atoms with Gasteiger partial charge in [-0.3, -0.25) is 10.1 Å². The zero-order valence-corrected chi connectivity index (χ0v) is 25.5. The van der Waals surface area contributed by atoms with E-state index < -0.39 is 38.8 Å². The van der Waals surface area contributed by atoms with Crippen LogP contribution in [0.5, 0.6) is 5.75 Å². The molecule has 0 saturated heterocycles. The topological polar surface area (TPSA) is 148 Å². The molecule has 0 spiro atoms. The third-order valence-corrected chi connectivity index (χ3v) is 7.80. The van der Waals surface area contributed by atoms with Crippen molar-refractivity contribution in [3.05, 3.63) is 64.2 Å². The smallest absolute Gasteiger partial charge is 0.407 e. The molecular formula is C29H43N3O8S. The van der Waals surface area contributed by atoms with Crippen LogP contribution in [0.4, 0.5) is 10.5 Å². The average molecular weight is 594 g/mol. The van der Waals surface area contributed by atoms with Crippen LogP contribution in [0.25, 0.3) is 0 Å². The number of aliphatic hydroxyl groups excluding tert-OH is 1. The lowest BCUT2D eigenvalue weighted by atomic mass is 10.0. The molecule has 1 amide bonds. The van der Waals surface area contributed by atoms with E-state index in [1.807, 2.05) is 38.1 Å². The number of aliphatic hydroxyl groups is 1. The van der Waals surface area contributed by atoms with Crippen molar-refractivity contribution in [2.75, 3.05) is 19.7 Å². The van der Waals surface area contributed by atoms with Gasteiger partial charge in [-0.2, -0.15) is 4.31 Å². The minimum absolute atomic E-state index is 0.0827. The number of nitro benzene ring substituents is 1. The molecule has 0 aromatic heterocycles. The number of nitrogens with one attached hydrogen (secondary N) is 1. The monoisotopic (exact) mass is 593 g/mol. The van der Waals surface area contributed by atoms with Crippen LogP contribution in [0, 0.1) is 16.0 Å². The minimum Gasteiger partial charge on any atom is -0.494 e. The first-order chi connectivity index (χ1) is 19.1. The quantitative estimate of drug-likeness (QED) is 0.168. The van der Waals surface area contributed by atoms with Crippen LogP contribution in [0.1, 0.15) is 59.9 Å². The maximum absolute atomic E-state index is 13.5. The maximum Gasteiger partial charge on any atom is 0.407 e. The van der Waals surface area contributed by atoms with Crippen LogP contribution < -0.4 is 10.1 Å². The molecule has 0 unspecified atom stereocenters. The summed E-state index contributed by atoms with van der Waals surface area (Å²) in [6, 6.07) is 11.0. The molecule has 2 atom stereocenters. The molecule has 0 saturated carbocycles. The third kappa shape index (κ3) is 11.3. The summed E-state index contributed by atoms with van der Waals surface area (Å²) in [5.74, 6) is 0.615. The van der Waals surface area contributed by atoms with Crippen LogP contribution >= 0.6 is 0 Å². The Morgan fingerprint density at radius 1 is 1.07 bits per heavy atom. The van der Waals surface area contributed by atoms with E-state index in [2.05, 4.69) is 12.2 Å². The highest BCUT2D eigenvalue weighted by molar-refractivity contribution is 7.89. The molecule has 0 radical (unpaired) electrons. The standard InChI is InChI=1S/C29H43N3O8S/c1-7-8-17-39-24-13-9-22(10-14-24)18-26(30-28(34)40-29(4,5)6)27(33)20-31(19-21(2)3)41(37,38)25-15-11-23(12-16-25)32(35)36/h9-16,21,26-27,33H,7-8,17-20H2,1-6H3,(H,30,34)/t26-,27+/m0/s1. The van der Waals surface area contributed by atoms with E-state index in [9.17, 15) is 28.4 Å². The van der Waals surface area contributed by atoms with Crippen LogP contribution in [0.3, 0.4) is 0 Å². The molecule has 41 heavy (non-hydrogen) atoms. The average Bonchev–Trinajstić information content (AvgIpc) is 2.87. The first kappa shape index (κ1) is 34.0. The Hall–Kier alpha value is -3.22. The number of non-ortho nitro benzene ring substituents is 1. The Morgan fingerprint density at radius 3 is 2.20 bits per heavy atom. The van der Waals surface area contributed by atoms with Gasteiger partial charge in [0.05, 0.1) is 28.6 Å². The number of amides is 1. The number of carbonyl (C=O) groups excluding carboxylic acids is 1. The summed E-state index contributed by atoms with van der Waals surface area (Å²) in [4.78, 5) is 23.0. The van der Waals surface area contributed by atoms with Crippen molar-refractivity contribution in [1.82, 2.24) is 9.62 Å². The van der Waals surface area contributed by atoms with Gasteiger partial charge in [-0.25, -0.2) is 13.2 Å². The maximum atomic E-state index is 13.5. The molecule has 228 valence electrons. The van der Waals surface area contributed by atoms with Gasteiger partial charge in [0.2, 0.25) is 10.0 Å². The van der Waals surface area contributed by atoms with E-state index >= 15 is 0 Å². The Bertz CT molecular complexity index is 1230. The summed E-state index contributed by atoms with van der Waals surface area (Å²) in [6.45, 7) is 11.3. The third-order valence-electron chi connectivity index (χ3n) is 5.96. The molecule has 2 N–H and O–H groups in total. The fourth-order valence-corrected chi connectivity index (χ4v) is 5.58. The van der Waals surface area contributed by atoms with E-state index in [1.165, 1.54) is 12.1 Å². The fourth-order valence-electron chi connectivity index (χ4n) is 3.96. The van der Waals surface area contributed by atoms with Gasteiger partial charge in [-0.1, -0.05) is 39.3 Å². The van der Waals surface area contributed by atoms with Gasteiger partial charge in [-0.05, 0) is 69.4 Å². The first-order valence-electron chi connectivity index (χ1n) is 13.8. The minimum atomic E-state index is -4.12. The molecule has 11 nitrogen and oxygen atoms in total. The van der Waals surface area contributed by atoms with Gasteiger partial charge in [0.15, 0.2) is 0 Å². The predicted molar refractivity (Wildman–Crippen MR) is 156 cm³/mol. The second kappa shape index (κ2) is 15.1. The summed E-state index contributed by atoms with van der Waals surface area (Å²) in [5, 5.41) is 25.1. The highest BCUT2D eigenvalue weighted by Crippen LogP contribution is 2.22. The summed E-state index contributed by atoms with van der Waals surface area (Å²) < 4.78 is 39.3. The van der Waals surface area contributed by atoms with Crippen LogP contribution in [0.15, 0.2) is 53.4 Å². The lowest BCUT2D eigenvalue weighted by Crippen LogP contribution is -2.51. The molecule has 0 heterocycles. The highest BCUT2D eigenvalue weighted by Gasteiger charge is 2.32. The van der Waals surface area contributed by atoms with Gasteiger partial charge in [0.25, 0.3) is 5.69 Å².